The average molecular weight is 470 g/mol. The van der Waals surface area contributed by atoms with Crippen LogP contribution < -0.4 is 15.9 Å². The van der Waals surface area contributed by atoms with Crippen LogP contribution in [0.25, 0.3) is 11.0 Å². The molecular weight excluding hydrogens is 442 g/mol. The Labute approximate surface area is 192 Å². The lowest BCUT2D eigenvalue weighted by Gasteiger charge is -2.47. The number of nitrogens with two attached hydrogens (primary N) is 1. The lowest BCUT2D eigenvalue weighted by atomic mass is 9.79. The van der Waals surface area contributed by atoms with Gasteiger partial charge in [0, 0.05) is 23.3 Å². The van der Waals surface area contributed by atoms with Gasteiger partial charge in [0.25, 0.3) is 5.91 Å². The molecule has 0 radical (unpaired) electrons. The van der Waals surface area contributed by atoms with Gasteiger partial charge in [0.15, 0.2) is 0 Å². The van der Waals surface area contributed by atoms with Crippen molar-refractivity contribution in [1.82, 2.24) is 19.5 Å². The Balaban J connectivity index is 1.57. The standard InChI is InChI=1S/C22H27N7O3S/c1-14(2)29-20(30)22(10-4-3-5-11-22)28-18(27-29)12-15-13-24-21(26-19(15)28)25-16-6-8-17(9-7-16)33(23,31)32/h6-9,12-14,27H,3-5,10-11H2,1-2H3,(H2,23,31,32)(H,24,25,26). The molecule has 1 aromatic carbocycles. The predicted octanol–water partition coefficient (Wildman–Crippen LogP) is 3.06. The second-order valence-corrected chi connectivity index (χ2v) is 10.6. The number of nitrogens with one attached hydrogen (secondary N) is 2. The molecule has 2 aromatic heterocycles. The zero-order valence-corrected chi connectivity index (χ0v) is 19.4. The van der Waals surface area contributed by atoms with Crippen molar-refractivity contribution in [3.63, 3.8) is 0 Å². The highest BCUT2D eigenvalue weighted by atomic mass is 32.2. The molecule has 1 aliphatic carbocycles. The molecule has 0 atom stereocenters. The topological polar surface area (TPSA) is 135 Å². The summed E-state index contributed by atoms with van der Waals surface area (Å²) in [5, 5.41) is 10.9. The molecule has 1 spiro atoms. The van der Waals surface area contributed by atoms with Gasteiger partial charge in [0.05, 0.1) is 4.90 Å². The summed E-state index contributed by atoms with van der Waals surface area (Å²) in [5.41, 5.74) is 3.94. The number of hydrogen-bond donors (Lipinski definition) is 3. The van der Waals surface area contributed by atoms with Crippen LogP contribution in [-0.2, 0) is 20.4 Å². The van der Waals surface area contributed by atoms with Crippen LogP contribution in [0.2, 0.25) is 0 Å². The number of carbonyl (C=O) groups is 1. The van der Waals surface area contributed by atoms with Crippen molar-refractivity contribution in [3.05, 3.63) is 36.5 Å². The Morgan fingerprint density at radius 3 is 2.48 bits per heavy atom. The molecule has 1 saturated carbocycles. The fourth-order valence-electron chi connectivity index (χ4n) is 4.85. The molecule has 5 rings (SSSR count). The fraction of sp³-hybridized carbons (Fsp3) is 0.409. The van der Waals surface area contributed by atoms with Crippen molar-refractivity contribution < 1.29 is 13.2 Å². The Morgan fingerprint density at radius 2 is 1.85 bits per heavy atom. The first-order valence-corrected chi connectivity index (χ1v) is 12.6. The lowest BCUT2D eigenvalue weighted by molar-refractivity contribution is -0.144. The second kappa shape index (κ2) is 7.70. The van der Waals surface area contributed by atoms with Gasteiger partial charge in [-0.05, 0) is 57.0 Å². The molecule has 0 unspecified atom stereocenters. The van der Waals surface area contributed by atoms with Crippen molar-refractivity contribution >= 4 is 44.4 Å². The van der Waals surface area contributed by atoms with E-state index >= 15 is 0 Å². The third-order valence-corrected chi connectivity index (χ3v) is 7.39. The summed E-state index contributed by atoms with van der Waals surface area (Å²) in [6.45, 7) is 4.01. The number of amides is 1. The van der Waals surface area contributed by atoms with Gasteiger partial charge in [-0.25, -0.2) is 18.5 Å². The number of benzene rings is 1. The van der Waals surface area contributed by atoms with E-state index in [1.807, 2.05) is 19.9 Å². The van der Waals surface area contributed by atoms with Crippen LogP contribution in [0.5, 0.6) is 0 Å². The monoisotopic (exact) mass is 469 g/mol. The predicted molar refractivity (Wildman–Crippen MR) is 125 cm³/mol. The van der Waals surface area contributed by atoms with Gasteiger partial charge >= 0.3 is 0 Å². The van der Waals surface area contributed by atoms with E-state index in [0.717, 1.165) is 43.3 Å². The number of hydrazine groups is 1. The van der Waals surface area contributed by atoms with E-state index in [1.165, 1.54) is 12.1 Å². The van der Waals surface area contributed by atoms with Crippen molar-refractivity contribution in [2.45, 2.75) is 62.4 Å². The number of rotatable bonds is 4. The largest absolute Gasteiger partial charge is 0.324 e. The van der Waals surface area contributed by atoms with Crippen molar-refractivity contribution in [2.24, 2.45) is 5.14 Å². The minimum atomic E-state index is -3.76. The smallest absolute Gasteiger partial charge is 0.267 e. The minimum Gasteiger partial charge on any atom is -0.324 e. The molecule has 0 bridgehead atoms. The van der Waals surface area contributed by atoms with E-state index in [1.54, 1.807) is 23.3 Å². The molecule has 3 heterocycles. The molecular formula is C22H27N7O3S. The maximum atomic E-state index is 13.7. The van der Waals surface area contributed by atoms with E-state index in [9.17, 15) is 13.2 Å². The molecule has 0 saturated heterocycles. The highest BCUT2D eigenvalue weighted by molar-refractivity contribution is 7.89. The first-order valence-electron chi connectivity index (χ1n) is 11.1. The van der Waals surface area contributed by atoms with Gasteiger partial charge < -0.3 is 5.32 Å². The third kappa shape index (κ3) is 3.61. The van der Waals surface area contributed by atoms with E-state index in [4.69, 9.17) is 10.1 Å². The highest BCUT2D eigenvalue weighted by Gasteiger charge is 2.49. The molecule has 174 valence electrons. The fourth-order valence-corrected chi connectivity index (χ4v) is 5.37. The van der Waals surface area contributed by atoms with Gasteiger partial charge in [-0.3, -0.25) is 19.8 Å². The summed E-state index contributed by atoms with van der Waals surface area (Å²) >= 11 is 0. The highest BCUT2D eigenvalue weighted by Crippen LogP contribution is 2.44. The van der Waals surface area contributed by atoms with Gasteiger partial charge in [0.1, 0.15) is 17.0 Å². The zero-order chi connectivity index (χ0) is 23.4. The summed E-state index contributed by atoms with van der Waals surface area (Å²) in [7, 11) is -3.76. The zero-order valence-electron chi connectivity index (χ0n) is 18.6. The van der Waals surface area contributed by atoms with Crippen molar-refractivity contribution in [3.8, 4) is 0 Å². The molecule has 10 nitrogen and oxygen atoms in total. The Morgan fingerprint density at radius 1 is 1.15 bits per heavy atom. The Bertz CT molecular complexity index is 1330. The van der Waals surface area contributed by atoms with Crippen LogP contribution in [0.1, 0.15) is 46.0 Å². The summed E-state index contributed by atoms with van der Waals surface area (Å²) in [6.07, 6.45) is 6.38. The molecule has 33 heavy (non-hydrogen) atoms. The third-order valence-electron chi connectivity index (χ3n) is 6.46. The normalized spacial score (nSPS) is 17.9. The number of fused-ring (bicyclic) bond motifs is 4. The number of nitrogens with zero attached hydrogens (tertiary/aromatic N) is 4. The van der Waals surface area contributed by atoms with Crippen LogP contribution in [0.15, 0.2) is 41.4 Å². The van der Waals surface area contributed by atoms with Crippen molar-refractivity contribution in [1.29, 1.82) is 0 Å². The summed E-state index contributed by atoms with van der Waals surface area (Å²) in [5.74, 6) is 1.27. The van der Waals surface area contributed by atoms with Crippen LogP contribution in [0, 0.1) is 0 Å². The molecule has 1 amide bonds. The van der Waals surface area contributed by atoms with Crippen LogP contribution in [0.4, 0.5) is 17.5 Å². The summed E-state index contributed by atoms with van der Waals surface area (Å²) in [4.78, 5) is 22.9. The van der Waals surface area contributed by atoms with Crippen molar-refractivity contribution in [2.75, 3.05) is 10.7 Å². The van der Waals surface area contributed by atoms with Gasteiger partial charge in [-0.15, -0.1) is 0 Å². The molecule has 3 aromatic rings. The molecule has 1 aliphatic heterocycles. The SMILES string of the molecule is CC(C)N1Nc2cc3cnc(Nc4ccc(S(N)(=O)=O)cc4)nc3n2C2(CCCCC2)C1=O. The number of anilines is 3. The number of carbonyl (C=O) groups excluding carboxylic acids is 1. The average Bonchev–Trinajstić information content (AvgIpc) is 3.15. The molecule has 1 fully saturated rings. The van der Waals surface area contributed by atoms with E-state index in [0.29, 0.717) is 17.3 Å². The van der Waals surface area contributed by atoms with E-state index < -0.39 is 15.6 Å². The molecule has 2 aliphatic rings. The quantitative estimate of drug-likeness (QED) is 0.534. The van der Waals surface area contributed by atoms with Crippen LogP contribution >= 0.6 is 0 Å². The lowest BCUT2D eigenvalue weighted by Crippen LogP contribution is -2.59. The van der Waals surface area contributed by atoms with E-state index in [2.05, 4.69) is 20.3 Å². The molecule has 4 N–H and O–H groups in total. The van der Waals surface area contributed by atoms with Crippen LogP contribution in [0.3, 0.4) is 0 Å². The number of sulfonamides is 1. The number of hydrogen-bond acceptors (Lipinski definition) is 7. The second-order valence-electron chi connectivity index (χ2n) is 9.00. The van der Waals surface area contributed by atoms with Gasteiger partial charge in [-0.2, -0.15) is 4.98 Å². The minimum absolute atomic E-state index is 0.0201. The molecule has 11 heteroatoms. The van der Waals surface area contributed by atoms with Gasteiger partial charge in [0.2, 0.25) is 16.0 Å². The summed E-state index contributed by atoms with van der Waals surface area (Å²) < 4.78 is 25.0. The first-order chi connectivity index (χ1) is 15.7. The Hall–Kier alpha value is -3.18. The maximum Gasteiger partial charge on any atom is 0.267 e. The number of primary sulfonamides is 1. The summed E-state index contributed by atoms with van der Waals surface area (Å²) in [6, 6.07) is 8.07. The van der Waals surface area contributed by atoms with Gasteiger partial charge in [-0.1, -0.05) is 19.3 Å². The number of aromatic nitrogens is 3. The van der Waals surface area contributed by atoms with E-state index in [-0.39, 0.29) is 16.8 Å². The van der Waals surface area contributed by atoms with Crippen LogP contribution in [-0.4, -0.2) is 39.9 Å². The first kappa shape index (κ1) is 21.7. The maximum absolute atomic E-state index is 13.7. The Kier molecular flexibility index (Phi) is 5.05.